The van der Waals surface area contributed by atoms with E-state index in [1.54, 1.807) is 7.11 Å². The largest absolute Gasteiger partial charge is 0.497 e. The Balaban J connectivity index is 1.71. The van der Waals surface area contributed by atoms with Crippen LogP contribution < -0.4 is 14.8 Å². The van der Waals surface area contributed by atoms with Crippen molar-refractivity contribution in [3.05, 3.63) is 58.6 Å². The van der Waals surface area contributed by atoms with Crippen molar-refractivity contribution in [2.75, 3.05) is 13.7 Å². The molecule has 4 heteroatoms. The first-order valence-corrected chi connectivity index (χ1v) is 7.42. The summed E-state index contributed by atoms with van der Waals surface area (Å²) in [5.74, 6) is 1.74. The molecule has 0 aliphatic carbocycles. The molecule has 1 heterocycles. The molecular weight excluding hydrogens is 286 g/mol. The number of ether oxygens (including phenoxy) is 2. The lowest BCUT2D eigenvalue weighted by molar-refractivity contribution is 0.250. The highest BCUT2D eigenvalue weighted by molar-refractivity contribution is 6.30. The molecular formula is C17H18ClNO2. The number of hydrogen-bond acceptors (Lipinski definition) is 3. The zero-order valence-corrected chi connectivity index (χ0v) is 12.7. The van der Waals surface area contributed by atoms with Crippen LogP contribution in [0.15, 0.2) is 42.5 Å². The van der Waals surface area contributed by atoms with E-state index in [1.165, 1.54) is 11.1 Å². The van der Waals surface area contributed by atoms with Gasteiger partial charge in [-0.05, 0) is 23.8 Å². The van der Waals surface area contributed by atoms with Crippen molar-refractivity contribution in [1.82, 2.24) is 5.32 Å². The summed E-state index contributed by atoms with van der Waals surface area (Å²) in [4.78, 5) is 0. The van der Waals surface area contributed by atoms with Crippen LogP contribution in [-0.4, -0.2) is 13.7 Å². The molecule has 21 heavy (non-hydrogen) atoms. The summed E-state index contributed by atoms with van der Waals surface area (Å²) in [5, 5.41) is 4.35. The monoisotopic (exact) mass is 303 g/mol. The minimum absolute atomic E-state index is 0.301. The quantitative estimate of drug-likeness (QED) is 0.927. The van der Waals surface area contributed by atoms with Crippen LogP contribution in [0.25, 0.3) is 0 Å². The van der Waals surface area contributed by atoms with Gasteiger partial charge in [-0.1, -0.05) is 29.8 Å². The molecule has 2 aromatic rings. The Hall–Kier alpha value is -1.71. The van der Waals surface area contributed by atoms with Gasteiger partial charge < -0.3 is 14.8 Å². The third-order valence-electron chi connectivity index (χ3n) is 3.73. The van der Waals surface area contributed by atoms with Gasteiger partial charge >= 0.3 is 0 Å². The van der Waals surface area contributed by atoms with E-state index >= 15 is 0 Å². The molecule has 0 spiro atoms. The Morgan fingerprint density at radius 2 is 2.05 bits per heavy atom. The third kappa shape index (κ3) is 3.31. The highest BCUT2D eigenvalue weighted by Crippen LogP contribution is 2.34. The summed E-state index contributed by atoms with van der Waals surface area (Å²) in [6.07, 6.45) is 0.965. The van der Waals surface area contributed by atoms with Crippen LogP contribution >= 0.6 is 11.6 Å². The van der Waals surface area contributed by atoms with Crippen molar-refractivity contribution in [3.63, 3.8) is 0 Å². The number of halogens is 1. The van der Waals surface area contributed by atoms with Gasteiger partial charge in [0.25, 0.3) is 0 Å². The van der Waals surface area contributed by atoms with Crippen LogP contribution in [0.4, 0.5) is 0 Å². The molecule has 1 N–H and O–H groups in total. The minimum Gasteiger partial charge on any atom is -0.497 e. The maximum atomic E-state index is 5.91. The highest BCUT2D eigenvalue weighted by Gasteiger charge is 2.21. The molecule has 0 aromatic heterocycles. The van der Waals surface area contributed by atoms with Gasteiger partial charge in [-0.3, -0.25) is 0 Å². The average molecular weight is 304 g/mol. The second-order valence-corrected chi connectivity index (χ2v) is 5.54. The molecule has 0 bridgehead atoms. The van der Waals surface area contributed by atoms with E-state index in [0.29, 0.717) is 6.04 Å². The Morgan fingerprint density at radius 1 is 1.24 bits per heavy atom. The summed E-state index contributed by atoms with van der Waals surface area (Å²) in [6.45, 7) is 1.53. The van der Waals surface area contributed by atoms with Crippen molar-refractivity contribution in [1.29, 1.82) is 0 Å². The first kappa shape index (κ1) is 14.2. The average Bonchev–Trinajstić information content (AvgIpc) is 2.53. The number of nitrogens with one attached hydrogen (secondary N) is 1. The van der Waals surface area contributed by atoms with Crippen LogP contribution in [0.3, 0.4) is 0 Å². The molecule has 0 amide bonds. The highest BCUT2D eigenvalue weighted by atomic mass is 35.5. The molecule has 110 valence electrons. The van der Waals surface area contributed by atoms with E-state index in [4.69, 9.17) is 21.1 Å². The molecule has 0 radical (unpaired) electrons. The molecule has 1 unspecified atom stereocenters. The topological polar surface area (TPSA) is 30.5 Å². The summed E-state index contributed by atoms with van der Waals surface area (Å²) in [5.41, 5.74) is 2.41. The lowest BCUT2D eigenvalue weighted by atomic mass is 10.00. The third-order valence-corrected chi connectivity index (χ3v) is 3.98. The van der Waals surface area contributed by atoms with Crippen molar-refractivity contribution >= 4 is 11.6 Å². The number of fused-ring (bicyclic) bond motifs is 1. The molecule has 3 nitrogen and oxygen atoms in total. The van der Waals surface area contributed by atoms with Gasteiger partial charge in [0.2, 0.25) is 0 Å². The molecule has 0 fully saturated rings. The van der Waals surface area contributed by atoms with Crippen molar-refractivity contribution < 1.29 is 9.47 Å². The van der Waals surface area contributed by atoms with Gasteiger partial charge in [0.05, 0.1) is 13.7 Å². The maximum absolute atomic E-state index is 5.91. The van der Waals surface area contributed by atoms with Crippen molar-refractivity contribution in [2.24, 2.45) is 0 Å². The first-order valence-electron chi connectivity index (χ1n) is 7.05. The second kappa shape index (κ2) is 6.37. The molecule has 3 rings (SSSR count). The van der Waals surface area contributed by atoms with E-state index < -0.39 is 0 Å². The van der Waals surface area contributed by atoms with Gasteiger partial charge in [-0.2, -0.15) is 0 Å². The molecule has 0 saturated heterocycles. The van der Waals surface area contributed by atoms with Crippen molar-refractivity contribution in [2.45, 2.75) is 19.0 Å². The summed E-state index contributed by atoms with van der Waals surface area (Å²) in [6, 6.07) is 14.2. The van der Waals surface area contributed by atoms with E-state index in [2.05, 4.69) is 11.4 Å². The van der Waals surface area contributed by atoms with Gasteiger partial charge in [0.15, 0.2) is 0 Å². The van der Waals surface area contributed by atoms with Crippen LogP contribution in [0.1, 0.15) is 23.6 Å². The van der Waals surface area contributed by atoms with Crippen molar-refractivity contribution in [3.8, 4) is 11.5 Å². The zero-order valence-electron chi connectivity index (χ0n) is 11.9. The fraction of sp³-hybridized carbons (Fsp3) is 0.294. The molecule has 1 aliphatic heterocycles. The first-order chi connectivity index (χ1) is 10.3. The Labute approximate surface area is 129 Å². The summed E-state index contributed by atoms with van der Waals surface area (Å²) >= 11 is 5.91. The summed E-state index contributed by atoms with van der Waals surface area (Å²) < 4.78 is 11.0. The standard InChI is InChI=1S/C17H18ClNO2/c1-20-14-6-7-15-16(8-9-21-17(15)10-14)19-11-12-2-4-13(18)5-3-12/h2-7,10,16,19H,8-9,11H2,1H3. The Kier molecular flexibility index (Phi) is 4.32. The fourth-order valence-corrected chi connectivity index (χ4v) is 2.68. The lowest BCUT2D eigenvalue weighted by Gasteiger charge is -2.27. The van der Waals surface area contributed by atoms with E-state index in [9.17, 15) is 0 Å². The minimum atomic E-state index is 0.301. The molecule has 1 aliphatic rings. The van der Waals surface area contributed by atoms with Crippen LogP contribution in [-0.2, 0) is 6.54 Å². The van der Waals surface area contributed by atoms with Gasteiger partial charge in [-0.15, -0.1) is 0 Å². The van der Waals surface area contributed by atoms with E-state index in [1.807, 2.05) is 36.4 Å². The van der Waals surface area contributed by atoms with Crippen LogP contribution in [0, 0.1) is 0 Å². The molecule has 2 aromatic carbocycles. The molecule has 1 atom stereocenters. The smallest absolute Gasteiger partial charge is 0.127 e. The SMILES string of the molecule is COc1ccc2c(c1)OCCC2NCc1ccc(Cl)cc1. The van der Waals surface area contributed by atoms with Gasteiger partial charge in [-0.25, -0.2) is 0 Å². The lowest BCUT2D eigenvalue weighted by Crippen LogP contribution is -2.26. The number of rotatable bonds is 4. The Morgan fingerprint density at radius 3 is 2.81 bits per heavy atom. The predicted octanol–water partition coefficient (Wildman–Crippen LogP) is 3.96. The zero-order chi connectivity index (χ0) is 14.7. The van der Waals surface area contributed by atoms with Gasteiger partial charge in [0.1, 0.15) is 11.5 Å². The van der Waals surface area contributed by atoms with E-state index in [0.717, 1.165) is 36.1 Å². The molecule has 0 saturated carbocycles. The summed E-state index contributed by atoms with van der Waals surface area (Å²) in [7, 11) is 1.67. The number of benzene rings is 2. The maximum Gasteiger partial charge on any atom is 0.127 e. The number of hydrogen-bond donors (Lipinski definition) is 1. The normalized spacial score (nSPS) is 17.0. The van der Waals surface area contributed by atoms with E-state index in [-0.39, 0.29) is 0 Å². The predicted molar refractivity (Wildman–Crippen MR) is 84.1 cm³/mol. The van der Waals surface area contributed by atoms with Crippen LogP contribution in [0.2, 0.25) is 5.02 Å². The van der Waals surface area contributed by atoms with Crippen LogP contribution in [0.5, 0.6) is 11.5 Å². The second-order valence-electron chi connectivity index (χ2n) is 5.10. The van der Waals surface area contributed by atoms with Gasteiger partial charge in [0, 0.05) is 35.7 Å². The Bertz CT molecular complexity index is 613. The fourth-order valence-electron chi connectivity index (χ4n) is 2.55. The number of methoxy groups -OCH3 is 1.